The molecule has 10 nitrogen and oxygen atoms in total. The van der Waals surface area contributed by atoms with Crippen molar-refractivity contribution in [1.82, 2.24) is 14.1 Å². The van der Waals surface area contributed by atoms with Crippen LogP contribution in [0.4, 0.5) is 9.80 Å². The van der Waals surface area contributed by atoms with Crippen molar-refractivity contribution in [1.29, 1.82) is 0 Å². The van der Waals surface area contributed by atoms with Gasteiger partial charge in [0.2, 0.25) is 10.0 Å². The lowest BCUT2D eigenvalue weighted by Gasteiger charge is -2.28. The van der Waals surface area contributed by atoms with Gasteiger partial charge >= 0.3 is 6.09 Å². The average molecular weight is 625 g/mol. The Morgan fingerprint density at radius 1 is 0.930 bits per heavy atom. The summed E-state index contributed by atoms with van der Waals surface area (Å²) in [6.07, 6.45) is 0.705. The predicted molar refractivity (Wildman–Crippen MR) is 165 cm³/mol. The minimum absolute atomic E-state index is 0.117. The van der Waals surface area contributed by atoms with E-state index in [2.05, 4.69) is 5.32 Å². The molecule has 12 heteroatoms. The molecule has 0 saturated carbocycles. The molecule has 0 unspecified atom stereocenters. The van der Waals surface area contributed by atoms with Crippen molar-refractivity contribution in [3.05, 3.63) is 81.2 Å². The second kappa shape index (κ2) is 12.9. The van der Waals surface area contributed by atoms with Crippen LogP contribution in [0.15, 0.2) is 53.4 Å². The summed E-state index contributed by atoms with van der Waals surface area (Å²) in [7, 11) is -3.75. The largest absolute Gasteiger partial charge is 0.450 e. The van der Waals surface area contributed by atoms with Crippen molar-refractivity contribution < 1.29 is 27.5 Å². The number of thiophene rings is 1. The van der Waals surface area contributed by atoms with E-state index in [-0.39, 0.29) is 23.0 Å². The van der Waals surface area contributed by atoms with E-state index in [1.807, 2.05) is 38.1 Å². The fraction of sp³-hybridized carbons (Fsp3) is 0.387. The van der Waals surface area contributed by atoms with Gasteiger partial charge in [0, 0.05) is 43.2 Å². The van der Waals surface area contributed by atoms with E-state index < -0.39 is 22.0 Å². The number of carbonyl (C=O) groups is 3. The Morgan fingerprint density at radius 3 is 2.30 bits per heavy atom. The van der Waals surface area contributed by atoms with Crippen molar-refractivity contribution in [3.8, 4) is 0 Å². The first-order valence-corrected chi connectivity index (χ1v) is 16.8. The van der Waals surface area contributed by atoms with E-state index in [1.54, 1.807) is 16.7 Å². The van der Waals surface area contributed by atoms with Crippen molar-refractivity contribution in [2.75, 3.05) is 38.1 Å². The van der Waals surface area contributed by atoms with Crippen LogP contribution >= 0.6 is 11.3 Å². The molecular weight excluding hydrogens is 588 g/mol. The van der Waals surface area contributed by atoms with Crippen molar-refractivity contribution in [3.63, 3.8) is 0 Å². The molecule has 0 spiro atoms. The number of hydrogen-bond acceptors (Lipinski definition) is 7. The molecule has 0 saturated heterocycles. The second-order valence-electron chi connectivity index (χ2n) is 10.4. The Kier molecular flexibility index (Phi) is 9.19. The normalized spacial score (nSPS) is 14.9. The zero-order chi connectivity index (χ0) is 30.7. The van der Waals surface area contributed by atoms with Crippen LogP contribution in [-0.2, 0) is 40.7 Å². The summed E-state index contributed by atoms with van der Waals surface area (Å²) >= 11 is 1.28. The van der Waals surface area contributed by atoms with Crippen LogP contribution in [0.3, 0.4) is 0 Å². The maximum atomic E-state index is 13.6. The van der Waals surface area contributed by atoms with E-state index in [0.717, 1.165) is 21.6 Å². The Bertz CT molecular complexity index is 1630. The van der Waals surface area contributed by atoms with Gasteiger partial charge in [-0.1, -0.05) is 24.3 Å². The second-order valence-corrected chi connectivity index (χ2v) is 13.4. The van der Waals surface area contributed by atoms with Crippen LogP contribution in [0.2, 0.25) is 0 Å². The molecule has 0 aliphatic carbocycles. The summed E-state index contributed by atoms with van der Waals surface area (Å²) in [5, 5.41) is 3.33. The number of nitrogens with zero attached hydrogens (tertiary/aromatic N) is 3. The van der Waals surface area contributed by atoms with Crippen LogP contribution in [0.5, 0.6) is 0 Å². The lowest BCUT2D eigenvalue weighted by Crippen LogP contribution is -2.37. The number of sulfonamides is 1. The fourth-order valence-corrected chi connectivity index (χ4v) is 8.20. The average Bonchev–Trinajstić information content (AvgIpc) is 3.38. The minimum atomic E-state index is -3.75. The first kappa shape index (κ1) is 30.7. The molecule has 0 fully saturated rings. The Balaban J connectivity index is 1.37. The molecule has 0 bridgehead atoms. The summed E-state index contributed by atoms with van der Waals surface area (Å²) in [4.78, 5) is 43.6. The number of amides is 3. The summed E-state index contributed by atoms with van der Waals surface area (Å²) in [6, 6.07) is 13.7. The monoisotopic (exact) mass is 624 g/mol. The molecule has 2 aromatic carbocycles. The molecule has 2 aliphatic heterocycles. The molecule has 2 aliphatic rings. The molecule has 3 amide bonds. The Hall–Kier alpha value is -3.74. The highest BCUT2D eigenvalue weighted by Gasteiger charge is 2.33. The van der Waals surface area contributed by atoms with Crippen LogP contribution in [0.1, 0.15) is 63.1 Å². The summed E-state index contributed by atoms with van der Waals surface area (Å²) in [6.45, 7) is 8.25. The van der Waals surface area contributed by atoms with Gasteiger partial charge in [-0.25, -0.2) is 13.2 Å². The van der Waals surface area contributed by atoms with Gasteiger partial charge in [0.15, 0.2) is 0 Å². The van der Waals surface area contributed by atoms with Crippen molar-refractivity contribution in [2.24, 2.45) is 0 Å². The third-order valence-corrected chi connectivity index (χ3v) is 10.9. The van der Waals surface area contributed by atoms with Crippen molar-refractivity contribution in [2.45, 2.75) is 51.6 Å². The van der Waals surface area contributed by atoms with Crippen LogP contribution < -0.4 is 5.32 Å². The first-order chi connectivity index (χ1) is 20.7. The standard InChI is InChI=1S/C31H36N4O6S2/c1-4-33(5-2)30(37)27-25-16-17-34(31(38)41-6-3)20-26(25)42-29(27)32-28(36)22-11-13-24(14-12-22)43(39,40)35-18-15-21-9-7-8-10-23(21)19-35/h7-14H,4-6,15-20H2,1-3H3,(H,32,36). The smallest absolute Gasteiger partial charge is 0.410 e. The first-order valence-electron chi connectivity index (χ1n) is 14.5. The van der Waals surface area contributed by atoms with Crippen LogP contribution in [-0.4, -0.2) is 73.2 Å². The molecule has 1 aromatic heterocycles. The van der Waals surface area contributed by atoms with Gasteiger partial charge in [-0.3, -0.25) is 9.59 Å². The summed E-state index contributed by atoms with van der Waals surface area (Å²) in [5.74, 6) is -0.628. The zero-order valence-electron chi connectivity index (χ0n) is 24.6. The number of hydrogen-bond donors (Lipinski definition) is 1. The lowest BCUT2D eigenvalue weighted by molar-refractivity contribution is 0.0772. The number of fused-ring (bicyclic) bond motifs is 2. The molecule has 3 aromatic rings. The number of benzene rings is 2. The number of nitrogens with one attached hydrogen (secondary N) is 1. The summed E-state index contributed by atoms with van der Waals surface area (Å²) in [5.41, 5.74) is 3.70. The molecule has 3 heterocycles. The van der Waals surface area contributed by atoms with Gasteiger partial charge in [0.1, 0.15) is 5.00 Å². The van der Waals surface area contributed by atoms with Gasteiger partial charge in [0.05, 0.1) is 23.6 Å². The van der Waals surface area contributed by atoms with Crippen LogP contribution in [0, 0.1) is 0 Å². The van der Waals surface area contributed by atoms with E-state index in [9.17, 15) is 22.8 Å². The Morgan fingerprint density at radius 2 is 1.63 bits per heavy atom. The van der Waals surface area contributed by atoms with Gasteiger partial charge in [-0.2, -0.15) is 4.31 Å². The van der Waals surface area contributed by atoms with Gasteiger partial charge < -0.3 is 19.9 Å². The maximum absolute atomic E-state index is 13.6. The SMILES string of the molecule is CCOC(=O)N1CCc2c(sc(NC(=O)c3ccc(S(=O)(=O)N4CCc5ccccc5C4)cc3)c2C(=O)N(CC)CC)C1. The quantitative estimate of drug-likeness (QED) is 0.387. The van der Waals surface area contributed by atoms with Crippen LogP contribution in [0.25, 0.3) is 0 Å². The number of rotatable bonds is 8. The molecular formula is C31H36N4O6S2. The molecule has 43 heavy (non-hydrogen) atoms. The number of ether oxygens (including phenoxy) is 1. The lowest BCUT2D eigenvalue weighted by atomic mass is 10.0. The molecule has 5 rings (SSSR count). The summed E-state index contributed by atoms with van der Waals surface area (Å²) < 4.78 is 33.4. The zero-order valence-corrected chi connectivity index (χ0v) is 26.2. The third kappa shape index (κ3) is 6.17. The fourth-order valence-electron chi connectivity index (χ4n) is 5.53. The van der Waals surface area contributed by atoms with Crippen molar-refractivity contribution >= 4 is 44.3 Å². The molecule has 0 atom stereocenters. The highest BCUT2D eigenvalue weighted by atomic mass is 32.2. The molecule has 0 radical (unpaired) electrons. The number of anilines is 1. The highest BCUT2D eigenvalue weighted by Crippen LogP contribution is 2.38. The minimum Gasteiger partial charge on any atom is -0.450 e. The van der Waals surface area contributed by atoms with E-state index in [0.29, 0.717) is 62.7 Å². The Labute approximate surface area is 256 Å². The van der Waals surface area contributed by atoms with Gasteiger partial charge in [-0.15, -0.1) is 11.3 Å². The molecule has 1 N–H and O–H groups in total. The molecule has 228 valence electrons. The predicted octanol–water partition coefficient (Wildman–Crippen LogP) is 4.74. The highest BCUT2D eigenvalue weighted by molar-refractivity contribution is 7.89. The number of carbonyl (C=O) groups excluding carboxylic acids is 3. The van der Waals surface area contributed by atoms with E-state index in [1.165, 1.54) is 39.9 Å². The topological polar surface area (TPSA) is 116 Å². The van der Waals surface area contributed by atoms with E-state index in [4.69, 9.17) is 4.74 Å². The van der Waals surface area contributed by atoms with E-state index >= 15 is 0 Å². The maximum Gasteiger partial charge on any atom is 0.410 e. The van der Waals surface area contributed by atoms with Gasteiger partial charge in [-0.05, 0) is 74.6 Å². The van der Waals surface area contributed by atoms with Gasteiger partial charge in [0.25, 0.3) is 11.8 Å². The third-order valence-electron chi connectivity index (χ3n) is 7.92.